The minimum absolute atomic E-state index is 0.0197. The maximum atomic E-state index is 12.1. The lowest BCUT2D eigenvalue weighted by Crippen LogP contribution is -2.46. The van der Waals surface area contributed by atoms with Crippen LogP contribution >= 0.6 is 0 Å². The molecule has 1 fully saturated rings. The third-order valence-electron chi connectivity index (χ3n) is 4.91. The topological polar surface area (TPSA) is 55.1 Å². The molecule has 19 heavy (non-hydrogen) atoms. The molecule has 3 nitrogen and oxygen atoms in total. The van der Waals surface area contributed by atoms with Crippen molar-refractivity contribution in [2.24, 2.45) is 17.6 Å². The van der Waals surface area contributed by atoms with Crippen LogP contribution in [0.4, 0.5) is 0 Å². The number of hydrogen-bond donors (Lipinski definition) is 2. The molecule has 3 heteroatoms. The van der Waals surface area contributed by atoms with Crippen LogP contribution in [0.5, 0.6) is 0 Å². The summed E-state index contributed by atoms with van der Waals surface area (Å²) in [4.78, 5) is 12.1. The van der Waals surface area contributed by atoms with E-state index < -0.39 is 0 Å². The normalized spacial score (nSPS) is 30.2. The highest BCUT2D eigenvalue weighted by Gasteiger charge is 2.56. The molecule has 1 saturated carbocycles. The number of fused-ring (bicyclic) bond motifs is 3. The minimum atomic E-state index is -0.374. The Balaban J connectivity index is 1.62. The van der Waals surface area contributed by atoms with Crippen molar-refractivity contribution in [3.63, 3.8) is 0 Å². The van der Waals surface area contributed by atoms with E-state index in [9.17, 15) is 4.79 Å². The number of hydrogen-bond acceptors (Lipinski definition) is 2. The number of rotatable bonds is 4. The van der Waals surface area contributed by atoms with E-state index in [1.54, 1.807) is 0 Å². The Morgan fingerprint density at radius 2 is 2.21 bits per heavy atom. The van der Waals surface area contributed by atoms with Gasteiger partial charge in [-0.05, 0) is 29.4 Å². The van der Waals surface area contributed by atoms with Gasteiger partial charge in [0.05, 0.1) is 6.04 Å². The summed E-state index contributed by atoms with van der Waals surface area (Å²) in [6, 6.07) is 8.52. The number of amides is 1. The van der Waals surface area contributed by atoms with Gasteiger partial charge in [0.2, 0.25) is 5.91 Å². The predicted octanol–water partition coefficient (Wildman–Crippen LogP) is 1.81. The monoisotopic (exact) mass is 258 g/mol. The van der Waals surface area contributed by atoms with E-state index in [2.05, 4.69) is 36.5 Å². The van der Waals surface area contributed by atoms with Crippen molar-refractivity contribution in [2.45, 2.75) is 44.7 Å². The third kappa shape index (κ3) is 2.06. The summed E-state index contributed by atoms with van der Waals surface area (Å²) in [6.45, 7) is 4.10. The van der Waals surface area contributed by atoms with Crippen molar-refractivity contribution >= 4 is 5.91 Å². The molecule has 3 N–H and O–H groups in total. The van der Waals surface area contributed by atoms with Crippen LogP contribution < -0.4 is 11.1 Å². The average Bonchev–Trinajstić information content (AvgIpc) is 2.95. The maximum absolute atomic E-state index is 12.1. The first-order valence-corrected chi connectivity index (χ1v) is 7.27. The first kappa shape index (κ1) is 12.7. The molecule has 0 aliphatic heterocycles. The van der Waals surface area contributed by atoms with Crippen molar-refractivity contribution in [1.82, 2.24) is 5.32 Å². The second kappa shape index (κ2) is 4.64. The van der Waals surface area contributed by atoms with Gasteiger partial charge in [0.1, 0.15) is 0 Å². The second-order valence-corrected chi connectivity index (χ2v) is 6.04. The highest BCUT2D eigenvalue weighted by molar-refractivity contribution is 5.82. The highest BCUT2D eigenvalue weighted by Crippen LogP contribution is 2.56. The van der Waals surface area contributed by atoms with Gasteiger partial charge in [0.25, 0.3) is 0 Å². The average molecular weight is 258 g/mol. The van der Waals surface area contributed by atoms with E-state index in [4.69, 9.17) is 5.73 Å². The van der Waals surface area contributed by atoms with E-state index in [1.807, 2.05) is 6.92 Å². The molecule has 0 saturated heterocycles. The molecule has 0 bridgehead atoms. The van der Waals surface area contributed by atoms with Gasteiger partial charge in [-0.15, -0.1) is 0 Å². The Kier molecular flexibility index (Phi) is 3.09. The lowest BCUT2D eigenvalue weighted by Gasteiger charge is -2.18. The molecule has 5 unspecified atom stereocenters. The summed E-state index contributed by atoms with van der Waals surface area (Å²) in [5.74, 6) is 1.40. The zero-order valence-corrected chi connectivity index (χ0v) is 11.6. The number of benzene rings is 1. The van der Waals surface area contributed by atoms with E-state index in [1.165, 1.54) is 11.1 Å². The van der Waals surface area contributed by atoms with Gasteiger partial charge < -0.3 is 11.1 Å². The molecule has 102 valence electrons. The number of carbonyl (C=O) groups excluding carboxylic acids is 1. The summed E-state index contributed by atoms with van der Waals surface area (Å²) in [6.07, 6.45) is 2.04. The van der Waals surface area contributed by atoms with Gasteiger partial charge in [-0.2, -0.15) is 0 Å². The second-order valence-electron chi connectivity index (χ2n) is 6.04. The number of nitrogens with one attached hydrogen (secondary N) is 1. The molecule has 0 spiro atoms. The quantitative estimate of drug-likeness (QED) is 0.865. The van der Waals surface area contributed by atoms with Crippen molar-refractivity contribution in [1.29, 1.82) is 0 Å². The maximum Gasteiger partial charge on any atom is 0.237 e. The molecular formula is C16H22N2O. The van der Waals surface area contributed by atoms with Crippen molar-refractivity contribution in [2.75, 3.05) is 0 Å². The van der Waals surface area contributed by atoms with Crippen LogP contribution in [-0.4, -0.2) is 18.0 Å². The highest BCUT2D eigenvalue weighted by atomic mass is 16.2. The van der Waals surface area contributed by atoms with Gasteiger partial charge in [-0.25, -0.2) is 0 Å². The molecule has 0 heterocycles. The lowest BCUT2D eigenvalue weighted by molar-refractivity contribution is -0.123. The molecule has 0 radical (unpaired) electrons. The summed E-state index contributed by atoms with van der Waals surface area (Å²) in [5.41, 5.74) is 8.86. The van der Waals surface area contributed by atoms with Crippen LogP contribution in [0, 0.1) is 11.8 Å². The smallest absolute Gasteiger partial charge is 0.237 e. The van der Waals surface area contributed by atoms with Crippen molar-refractivity contribution in [3.8, 4) is 0 Å². The molecule has 2 aliphatic carbocycles. The Hall–Kier alpha value is -1.35. The third-order valence-corrected chi connectivity index (χ3v) is 4.91. The zero-order chi connectivity index (χ0) is 13.6. The molecule has 2 aliphatic rings. The largest absolute Gasteiger partial charge is 0.351 e. The van der Waals surface area contributed by atoms with Gasteiger partial charge in [0.15, 0.2) is 0 Å². The first-order chi connectivity index (χ1) is 9.13. The molecule has 3 rings (SSSR count). The zero-order valence-electron chi connectivity index (χ0n) is 11.6. The Morgan fingerprint density at radius 3 is 2.95 bits per heavy atom. The van der Waals surface area contributed by atoms with Gasteiger partial charge in [0, 0.05) is 12.0 Å². The Bertz CT molecular complexity index is 499. The molecule has 1 aromatic carbocycles. The minimum Gasteiger partial charge on any atom is -0.351 e. The van der Waals surface area contributed by atoms with E-state index in [-0.39, 0.29) is 17.9 Å². The van der Waals surface area contributed by atoms with Crippen LogP contribution in [0.15, 0.2) is 24.3 Å². The van der Waals surface area contributed by atoms with Gasteiger partial charge in [-0.3, -0.25) is 4.79 Å². The van der Waals surface area contributed by atoms with E-state index in [0.717, 1.165) is 12.8 Å². The fraction of sp³-hybridized carbons (Fsp3) is 0.562. The lowest BCUT2D eigenvalue weighted by atomic mass is 9.99. The fourth-order valence-corrected chi connectivity index (χ4v) is 3.32. The molecule has 0 aromatic heterocycles. The van der Waals surface area contributed by atoms with Gasteiger partial charge in [-0.1, -0.05) is 44.5 Å². The van der Waals surface area contributed by atoms with Crippen LogP contribution in [0.2, 0.25) is 0 Å². The number of nitrogens with two attached hydrogens (primary N) is 1. The molecule has 5 atom stereocenters. The van der Waals surface area contributed by atoms with Crippen LogP contribution in [0.1, 0.15) is 37.3 Å². The van der Waals surface area contributed by atoms with E-state index >= 15 is 0 Å². The summed E-state index contributed by atoms with van der Waals surface area (Å²) >= 11 is 0. The SMILES string of the molecule is CCC(C)C(N)C(=O)NC1C2Cc3ccccc3C21. The van der Waals surface area contributed by atoms with Crippen molar-refractivity contribution in [3.05, 3.63) is 35.4 Å². The van der Waals surface area contributed by atoms with E-state index in [0.29, 0.717) is 17.9 Å². The Labute approximate surface area is 114 Å². The molecule has 1 amide bonds. The summed E-state index contributed by atoms with van der Waals surface area (Å²) in [7, 11) is 0. The summed E-state index contributed by atoms with van der Waals surface area (Å²) < 4.78 is 0. The number of carbonyl (C=O) groups is 1. The standard InChI is InChI=1S/C16H22N2O/c1-3-9(2)14(17)16(19)18-15-12-8-10-6-4-5-7-11(10)13(12)15/h4-7,9,12-15H,3,8,17H2,1-2H3,(H,18,19). The van der Waals surface area contributed by atoms with Crippen molar-refractivity contribution < 1.29 is 4.79 Å². The van der Waals surface area contributed by atoms with Crippen LogP contribution in [-0.2, 0) is 11.2 Å². The Morgan fingerprint density at radius 1 is 1.47 bits per heavy atom. The molecule has 1 aromatic rings. The fourth-order valence-electron chi connectivity index (χ4n) is 3.32. The first-order valence-electron chi connectivity index (χ1n) is 7.27. The summed E-state index contributed by atoms with van der Waals surface area (Å²) in [5, 5.41) is 3.15. The van der Waals surface area contributed by atoms with Gasteiger partial charge >= 0.3 is 0 Å². The predicted molar refractivity (Wildman–Crippen MR) is 75.7 cm³/mol. The molecular weight excluding hydrogens is 236 g/mol. The van der Waals surface area contributed by atoms with Crippen LogP contribution in [0.25, 0.3) is 0 Å². The van der Waals surface area contributed by atoms with Crippen LogP contribution in [0.3, 0.4) is 0 Å².